The summed E-state index contributed by atoms with van der Waals surface area (Å²) in [5.41, 5.74) is 0. The molecule has 0 bridgehead atoms. The summed E-state index contributed by atoms with van der Waals surface area (Å²) >= 11 is 0. The Kier molecular flexibility index (Phi) is 5.18. The van der Waals surface area contributed by atoms with E-state index >= 15 is 0 Å². The summed E-state index contributed by atoms with van der Waals surface area (Å²) in [5, 5.41) is 0. The van der Waals surface area contributed by atoms with Crippen LogP contribution in [0.5, 0.6) is 0 Å². The SMILES string of the molecule is CCCN1CCN(/C=C/C(=O)OC)CC1. The predicted octanol–water partition coefficient (Wildman–Crippen LogP) is 0.701. The smallest absolute Gasteiger partial charge is 0.331 e. The van der Waals surface area contributed by atoms with E-state index < -0.39 is 0 Å². The van der Waals surface area contributed by atoms with Gasteiger partial charge in [-0.15, -0.1) is 0 Å². The zero-order valence-electron chi connectivity index (χ0n) is 9.61. The van der Waals surface area contributed by atoms with E-state index in [-0.39, 0.29) is 5.97 Å². The minimum atomic E-state index is -0.286. The molecule has 1 aliphatic rings. The van der Waals surface area contributed by atoms with E-state index in [4.69, 9.17) is 0 Å². The fourth-order valence-corrected chi connectivity index (χ4v) is 1.69. The second-order valence-electron chi connectivity index (χ2n) is 3.72. The molecule has 1 fully saturated rings. The average molecular weight is 212 g/mol. The second kappa shape index (κ2) is 6.45. The molecule has 1 heterocycles. The molecule has 0 N–H and O–H groups in total. The third-order valence-corrected chi connectivity index (χ3v) is 2.57. The fraction of sp³-hybridized carbons (Fsp3) is 0.727. The van der Waals surface area contributed by atoms with E-state index in [2.05, 4.69) is 21.5 Å². The third kappa shape index (κ3) is 4.34. The molecule has 0 aliphatic carbocycles. The summed E-state index contributed by atoms with van der Waals surface area (Å²) in [6, 6.07) is 0. The molecule has 86 valence electrons. The van der Waals surface area contributed by atoms with Gasteiger partial charge in [0, 0.05) is 38.5 Å². The Bertz CT molecular complexity index is 221. The van der Waals surface area contributed by atoms with Gasteiger partial charge < -0.3 is 9.64 Å². The summed E-state index contributed by atoms with van der Waals surface area (Å²) in [7, 11) is 1.39. The lowest BCUT2D eigenvalue weighted by atomic mass is 10.3. The molecule has 4 heteroatoms. The van der Waals surface area contributed by atoms with Gasteiger partial charge in [-0.05, 0) is 13.0 Å². The van der Waals surface area contributed by atoms with Crippen molar-refractivity contribution in [3.8, 4) is 0 Å². The molecule has 15 heavy (non-hydrogen) atoms. The molecule has 1 rings (SSSR count). The molecule has 4 nitrogen and oxygen atoms in total. The van der Waals surface area contributed by atoms with Gasteiger partial charge in [0.15, 0.2) is 0 Å². The van der Waals surface area contributed by atoms with Crippen LogP contribution in [0.2, 0.25) is 0 Å². The molecule has 0 spiro atoms. The van der Waals surface area contributed by atoms with E-state index in [1.165, 1.54) is 26.2 Å². The number of carbonyl (C=O) groups is 1. The van der Waals surface area contributed by atoms with Crippen LogP contribution in [-0.2, 0) is 9.53 Å². The number of methoxy groups -OCH3 is 1. The number of carbonyl (C=O) groups excluding carboxylic acids is 1. The number of piperazine rings is 1. The minimum absolute atomic E-state index is 0.286. The van der Waals surface area contributed by atoms with Gasteiger partial charge in [0.25, 0.3) is 0 Å². The van der Waals surface area contributed by atoms with E-state index in [1.54, 1.807) is 0 Å². The van der Waals surface area contributed by atoms with Crippen LogP contribution in [0, 0.1) is 0 Å². The summed E-state index contributed by atoms with van der Waals surface area (Å²) in [4.78, 5) is 15.5. The van der Waals surface area contributed by atoms with Gasteiger partial charge in [0.1, 0.15) is 0 Å². The molecule has 0 radical (unpaired) electrons. The number of nitrogens with zero attached hydrogens (tertiary/aromatic N) is 2. The van der Waals surface area contributed by atoms with Gasteiger partial charge in [-0.1, -0.05) is 6.92 Å². The first-order valence-electron chi connectivity index (χ1n) is 5.48. The van der Waals surface area contributed by atoms with Gasteiger partial charge in [-0.3, -0.25) is 4.90 Å². The number of ether oxygens (including phenoxy) is 1. The van der Waals surface area contributed by atoms with Crippen molar-refractivity contribution >= 4 is 5.97 Å². The van der Waals surface area contributed by atoms with E-state index in [1.807, 2.05) is 6.20 Å². The van der Waals surface area contributed by atoms with Crippen molar-refractivity contribution < 1.29 is 9.53 Å². The van der Waals surface area contributed by atoms with Crippen LogP contribution in [0.1, 0.15) is 13.3 Å². The van der Waals surface area contributed by atoms with Crippen LogP contribution < -0.4 is 0 Å². The monoisotopic (exact) mass is 212 g/mol. The first-order chi connectivity index (χ1) is 7.26. The number of hydrogen-bond acceptors (Lipinski definition) is 4. The lowest BCUT2D eigenvalue weighted by Crippen LogP contribution is -2.44. The van der Waals surface area contributed by atoms with Crippen LogP contribution >= 0.6 is 0 Å². The summed E-state index contributed by atoms with van der Waals surface area (Å²) in [5.74, 6) is -0.286. The fourth-order valence-electron chi connectivity index (χ4n) is 1.69. The number of esters is 1. The first kappa shape index (κ1) is 12.0. The molecule has 0 saturated carbocycles. The van der Waals surface area contributed by atoms with Crippen molar-refractivity contribution in [1.29, 1.82) is 0 Å². The molecule has 0 atom stereocenters. The van der Waals surface area contributed by atoms with E-state index in [0.29, 0.717) is 0 Å². The van der Waals surface area contributed by atoms with Crippen molar-refractivity contribution in [1.82, 2.24) is 9.80 Å². The Morgan fingerprint density at radius 3 is 2.53 bits per heavy atom. The zero-order chi connectivity index (χ0) is 11.1. The van der Waals surface area contributed by atoms with Crippen LogP contribution in [-0.4, -0.2) is 55.6 Å². The Labute approximate surface area is 91.5 Å². The molecule has 0 amide bonds. The second-order valence-corrected chi connectivity index (χ2v) is 3.72. The Hall–Kier alpha value is -1.03. The maximum Gasteiger partial charge on any atom is 0.331 e. The highest BCUT2D eigenvalue weighted by molar-refractivity contribution is 5.81. The zero-order valence-corrected chi connectivity index (χ0v) is 9.61. The molecule has 1 aliphatic heterocycles. The highest BCUT2D eigenvalue weighted by atomic mass is 16.5. The predicted molar refractivity (Wildman–Crippen MR) is 59.5 cm³/mol. The standard InChI is InChI=1S/C11H20N2O2/c1-3-5-12-7-9-13(10-8-12)6-4-11(14)15-2/h4,6H,3,5,7-10H2,1-2H3/b6-4+. The third-order valence-electron chi connectivity index (χ3n) is 2.57. The van der Waals surface area contributed by atoms with Crippen molar-refractivity contribution in [2.45, 2.75) is 13.3 Å². The highest BCUT2D eigenvalue weighted by Gasteiger charge is 2.13. The molecule has 0 aromatic heterocycles. The van der Waals surface area contributed by atoms with Crippen LogP contribution in [0.4, 0.5) is 0 Å². The van der Waals surface area contributed by atoms with Crippen molar-refractivity contribution in [3.63, 3.8) is 0 Å². The molecular formula is C11H20N2O2. The summed E-state index contributed by atoms with van der Waals surface area (Å²) in [6.07, 6.45) is 4.52. The maximum absolute atomic E-state index is 10.9. The summed E-state index contributed by atoms with van der Waals surface area (Å²) in [6.45, 7) is 7.53. The number of hydrogen-bond donors (Lipinski definition) is 0. The minimum Gasteiger partial charge on any atom is -0.466 e. The lowest BCUT2D eigenvalue weighted by molar-refractivity contribution is -0.134. The molecule has 0 aromatic carbocycles. The van der Waals surface area contributed by atoms with E-state index in [9.17, 15) is 4.79 Å². The Morgan fingerprint density at radius 2 is 2.00 bits per heavy atom. The Morgan fingerprint density at radius 1 is 1.33 bits per heavy atom. The average Bonchev–Trinajstić information content (AvgIpc) is 2.28. The van der Waals surface area contributed by atoms with Gasteiger partial charge in [0.2, 0.25) is 0 Å². The lowest BCUT2D eigenvalue weighted by Gasteiger charge is -2.33. The quantitative estimate of drug-likeness (QED) is 0.507. The van der Waals surface area contributed by atoms with Crippen LogP contribution in [0.3, 0.4) is 0 Å². The normalized spacial score (nSPS) is 18.4. The highest BCUT2D eigenvalue weighted by Crippen LogP contribution is 2.02. The van der Waals surface area contributed by atoms with Crippen molar-refractivity contribution in [2.24, 2.45) is 0 Å². The van der Waals surface area contributed by atoms with Gasteiger partial charge in [0.05, 0.1) is 7.11 Å². The Balaban J connectivity index is 2.25. The molecule has 1 saturated heterocycles. The van der Waals surface area contributed by atoms with Crippen LogP contribution in [0.15, 0.2) is 12.3 Å². The first-order valence-corrected chi connectivity index (χ1v) is 5.48. The molecule has 0 aromatic rings. The molecule has 0 unspecified atom stereocenters. The van der Waals surface area contributed by atoms with Gasteiger partial charge >= 0.3 is 5.97 Å². The number of rotatable bonds is 4. The van der Waals surface area contributed by atoms with Gasteiger partial charge in [-0.2, -0.15) is 0 Å². The van der Waals surface area contributed by atoms with Crippen LogP contribution in [0.25, 0.3) is 0 Å². The van der Waals surface area contributed by atoms with Crippen molar-refractivity contribution in [2.75, 3.05) is 39.8 Å². The van der Waals surface area contributed by atoms with E-state index in [0.717, 1.165) is 26.2 Å². The van der Waals surface area contributed by atoms with Gasteiger partial charge in [-0.25, -0.2) is 4.79 Å². The summed E-state index contributed by atoms with van der Waals surface area (Å²) < 4.78 is 4.54. The largest absolute Gasteiger partial charge is 0.466 e. The topological polar surface area (TPSA) is 32.8 Å². The molecular weight excluding hydrogens is 192 g/mol. The van der Waals surface area contributed by atoms with Crippen molar-refractivity contribution in [3.05, 3.63) is 12.3 Å². The maximum atomic E-state index is 10.9.